The van der Waals surface area contributed by atoms with Crippen LogP contribution < -0.4 is 5.32 Å². The standard InChI is InChI=1S/C14H18BrClN2O/c15-11-5-6-13(12(16)9-11)17-14(19)10-18-7-3-1-2-4-8-18/h5-6,9H,1-4,7-8,10H2,(H,17,19). The number of amides is 1. The van der Waals surface area contributed by atoms with Crippen LogP contribution in [0, 0.1) is 0 Å². The first-order chi connectivity index (χ1) is 9.15. The van der Waals surface area contributed by atoms with Crippen LogP contribution in [0.4, 0.5) is 5.69 Å². The van der Waals surface area contributed by atoms with E-state index in [2.05, 4.69) is 26.1 Å². The van der Waals surface area contributed by atoms with Gasteiger partial charge in [-0.15, -0.1) is 0 Å². The third-order valence-corrected chi connectivity index (χ3v) is 4.08. The fourth-order valence-corrected chi connectivity index (χ4v) is 3.00. The van der Waals surface area contributed by atoms with Crippen molar-refractivity contribution < 1.29 is 4.79 Å². The number of nitrogens with zero attached hydrogens (tertiary/aromatic N) is 1. The molecule has 1 saturated heterocycles. The van der Waals surface area contributed by atoms with E-state index in [1.165, 1.54) is 25.7 Å². The molecule has 0 radical (unpaired) electrons. The highest BCUT2D eigenvalue weighted by molar-refractivity contribution is 9.10. The van der Waals surface area contributed by atoms with Crippen molar-refractivity contribution in [3.05, 3.63) is 27.7 Å². The van der Waals surface area contributed by atoms with Gasteiger partial charge in [0, 0.05) is 4.47 Å². The molecule has 5 heteroatoms. The second-order valence-electron chi connectivity index (χ2n) is 4.86. The number of anilines is 1. The van der Waals surface area contributed by atoms with Gasteiger partial charge in [0.05, 0.1) is 17.3 Å². The SMILES string of the molecule is O=C(CN1CCCCCC1)Nc1ccc(Br)cc1Cl. The average Bonchev–Trinajstić information content (AvgIpc) is 2.61. The number of hydrogen-bond acceptors (Lipinski definition) is 2. The van der Waals surface area contributed by atoms with Crippen LogP contribution in [0.15, 0.2) is 22.7 Å². The predicted octanol–water partition coefficient (Wildman–Crippen LogP) is 3.92. The summed E-state index contributed by atoms with van der Waals surface area (Å²) in [5.41, 5.74) is 0.671. The Labute approximate surface area is 127 Å². The zero-order chi connectivity index (χ0) is 13.7. The first kappa shape index (κ1) is 14.8. The molecule has 1 aromatic rings. The van der Waals surface area contributed by atoms with E-state index >= 15 is 0 Å². The van der Waals surface area contributed by atoms with Crippen molar-refractivity contribution in [2.75, 3.05) is 25.0 Å². The minimum atomic E-state index is 0.00567. The van der Waals surface area contributed by atoms with E-state index in [0.29, 0.717) is 17.3 Å². The van der Waals surface area contributed by atoms with Gasteiger partial charge in [-0.25, -0.2) is 0 Å². The van der Waals surface area contributed by atoms with Crippen molar-refractivity contribution in [1.29, 1.82) is 0 Å². The molecule has 0 bridgehead atoms. The van der Waals surface area contributed by atoms with Gasteiger partial charge in [-0.2, -0.15) is 0 Å². The van der Waals surface area contributed by atoms with Crippen molar-refractivity contribution in [2.45, 2.75) is 25.7 Å². The van der Waals surface area contributed by atoms with Gasteiger partial charge in [0.2, 0.25) is 5.91 Å². The number of halogens is 2. The lowest BCUT2D eigenvalue weighted by Gasteiger charge is -2.19. The first-order valence-corrected chi connectivity index (χ1v) is 7.79. The van der Waals surface area contributed by atoms with Crippen LogP contribution in [0.25, 0.3) is 0 Å². The van der Waals surface area contributed by atoms with E-state index in [1.807, 2.05) is 12.1 Å². The molecule has 19 heavy (non-hydrogen) atoms. The fraction of sp³-hybridized carbons (Fsp3) is 0.500. The summed E-state index contributed by atoms with van der Waals surface area (Å²) in [4.78, 5) is 14.2. The van der Waals surface area contributed by atoms with E-state index in [0.717, 1.165) is 17.6 Å². The largest absolute Gasteiger partial charge is 0.324 e. The topological polar surface area (TPSA) is 32.3 Å². The molecule has 0 saturated carbocycles. The second-order valence-corrected chi connectivity index (χ2v) is 6.19. The van der Waals surface area contributed by atoms with Crippen molar-refractivity contribution in [2.24, 2.45) is 0 Å². The van der Waals surface area contributed by atoms with Gasteiger partial charge >= 0.3 is 0 Å². The summed E-state index contributed by atoms with van der Waals surface area (Å²) >= 11 is 9.43. The van der Waals surface area contributed by atoms with Crippen molar-refractivity contribution in [3.63, 3.8) is 0 Å². The molecule has 0 atom stereocenters. The van der Waals surface area contributed by atoms with Crippen molar-refractivity contribution in [1.82, 2.24) is 4.90 Å². The molecule has 0 unspecified atom stereocenters. The van der Waals surface area contributed by atoms with Gasteiger partial charge in [-0.3, -0.25) is 9.69 Å². The summed E-state index contributed by atoms with van der Waals surface area (Å²) in [6.07, 6.45) is 4.92. The van der Waals surface area contributed by atoms with Crippen LogP contribution in [-0.2, 0) is 4.79 Å². The lowest BCUT2D eigenvalue weighted by atomic mass is 10.2. The van der Waals surface area contributed by atoms with Crippen LogP contribution >= 0.6 is 27.5 Å². The second kappa shape index (κ2) is 7.27. The number of rotatable bonds is 3. The Balaban J connectivity index is 1.89. The number of nitrogens with one attached hydrogen (secondary N) is 1. The molecule has 1 heterocycles. The Hall–Kier alpha value is -0.580. The predicted molar refractivity (Wildman–Crippen MR) is 82.7 cm³/mol. The Morgan fingerprint density at radius 2 is 1.95 bits per heavy atom. The quantitative estimate of drug-likeness (QED) is 0.900. The van der Waals surface area contributed by atoms with Crippen LogP contribution in [-0.4, -0.2) is 30.4 Å². The molecule has 3 nitrogen and oxygen atoms in total. The van der Waals surface area contributed by atoms with Gasteiger partial charge in [0.1, 0.15) is 0 Å². The van der Waals surface area contributed by atoms with Crippen LogP contribution in [0.2, 0.25) is 5.02 Å². The number of benzene rings is 1. The monoisotopic (exact) mass is 344 g/mol. The highest BCUT2D eigenvalue weighted by atomic mass is 79.9. The van der Waals surface area contributed by atoms with E-state index in [-0.39, 0.29) is 5.91 Å². The molecule has 1 fully saturated rings. The Morgan fingerprint density at radius 3 is 2.58 bits per heavy atom. The minimum Gasteiger partial charge on any atom is -0.324 e. The van der Waals surface area contributed by atoms with Crippen LogP contribution in [0.5, 0.6) is 0 Å². The van der Waals surface area contributed by atoms with Crippen molar-refractivity contribution in [3.8, 4) is 0 Å². The van der Waals surface area contributed by atoms with E-state index < -0.39 is 0 Å². The molecular formula is C14H18BrClN2O. The molecule has 0 aromatic heterocycles. The number of likely N-dealkylation sites (tertiary alicyclic amines) is 1. The highest BCUT2D eigenvalue weighted by Crippen LogP contribution is 2.25. The smallest absolute Gasteiger partial charge is 0.238 e. The fourth-order valence-electron chi connectivity index (χ4n) is 2.28. The highest BCUT2D eigenvalue weighted by Gasteiger charge is 2.13. The zero-order valence-electron chi connectivity index (χ0n) is 10.8. The first-order valence-electron chi connectivity index (χ1n) is 6.62. The van der Waals surface area contributed by atoms with E-state index in [4.69, 9.17) is 11.6 Å². The molecule has 0 aliphatic carbocycles. The third-order valence-electron chi connectivity index (χ3n) is 3.27. The minimum absolute atomic E-state index is 0.00567. The molecule has 1 aromatic carbocycles. The number of hydrogen-bond donors (Lipinski definition) is 1. The Kier molecular flexibility index (Phi) is 5.67. The molecule has 104 valence electrons. The van der Waals surface area contributed by atoms with Gasteiger partial charge in [-0.1, -0.05) is 40.4 Å². The van der Waals surface area contributed by atoms with E-state index in [9.17, 15) is 4.79 Å². The normalized spacial score (nSPS) is 16.9. The van der Waals surface area contributed by atoms with Gasteiger partial charge in [0.25, 0.3) is 0 Å². The number of carbonyl (C=O) groups is 1. The summed E-state index contributed by atoms with van der Waals surface area (Å²) in [5, 5.41) is 3.43. The molecule has 2 rings (SSSR count). The van der Waals surface area contributed by atoms with Gasteiger partial charge < -0.3 is 5.32 Å². The number of carbonyl (C=O) groups excluding carboxylic acids is 1. The molecule has 0 spiro atoms. The summed E-state index contributed by atoms with van der Waals surface area (Å²) in [6, 6.07) is 5.46. The average molecular weight is 346 g/mol. The Bertz CT molecular complexity index is 445. The van der Waals surface area contributed by atoms with E-state index in [1.54, 1.807) is 6.07 Å². The lowest BCUT2D eigenvalue weighted by molar-refractivity contribution is -0.117. The zero-order valence-corrected chi connectivity index (χ0v) is 13.1. The summed E-state index contributed by atoms with van der Waals surface area (Å²) < 4.78 is 0.906. The third kappa shape index (κ3) is 4.79. The molecular weight excluding hydrogens is 328 g/mol. The Morgan fingerprint density at radius 1 is 1.26 bits per heavy atom. The lowest BCUT2D eigenvalue weighted by Crippen LogP contribution is -2.33. The van der Waals surface area contributed by atoms with Crippen molar-refractivity contribution >= 4 is 39.1 Å². The summed E-state index contributed by atoms with van der Waals surface area (Å²) in [6.45, 7) is 2.48. The van der Waals surface area contributed by atoms with Crippen LogP contribution in [0.3, 0.4) is 0 Å². The van der Waals surface area contributed by atoms with Gasteiger partial charge in [-0.05, 0) is 44.1 Å². The maximum absolute atomic E-state index is 12.0. The molecule has 1 aliphatic heterocycles. The molecule has 1 amide bonds. The maximum atomic E-state index is 12.0. The summed E-state index contributed by atoms with van der Waals surface area (Å²) in [7, 11) is 0. The molecule has 1 aliphatic rings. The molecule has 1 N–H and O–H groups in total. The van der Waals surface area contributed by atoms with Gasteiger partial charge in [0.15, 0.2) is 0 Å². The maximum Gasteiger partial charge on any atom is 0.238 e. The summed E-state index contributed by atoms with van der Waals surface area (Å²) in [5.74, 6) is 0.00567. The van der Waals surface area contributed by atoms with Crippen LogP contribution in [0.1, 0.15) is 25.7 Å².